The van der Waals surface area contributed by atoms with Gasteiger partial charge in [-0.3, -0.25) is 14.9 Å². The molecule has 8 nitrogen and oxygen atoms in total. The van der Waals surface area contributed by atoms with E-state index >= 15 is 0 Å². The molecule has 3 aromatic heterocycles. The average molecular weight is 476 g/mol. The predicted octanol–water partition coefficient (Wildman–Crippen LogP) is 5.76. The molecule has 0 saturated carbocycles. The molecule has 0 spiro atoms. The molecular formula is C24H17FN4O4S. The van der Waals surface area contributed by atoms with Crippen molar-refractivity contribution in [1.82, 2.24) is 14.5 Å². The maximum Gasteiger partial charge on any atom is 0.311 e. The van der Waals surface area contributed by atoms with Crippen molar-refractivity contribution >= 4 is 38.1 Å². The molecule has 0 bridgehead atoms. The Kier molecular flexibility index (Phi) is 5.09. The second-order valence-corrected chi connectivity index (χ2v) is 8.93. The first kappa shape index (κ1) is 21.7. The van der Waals surface area contributed by atoms with Crippen molar-refractivity contribution in [2.45, 2.75) is 20.8 Å². The molecular weight excluding hydrogens is 459 g/mol. The van der Waals surface area contributed by atoms with Gasteiger partial charge in [-0.05, 0) is 56.7 Å². The second kappa shape index (κ2) is 7.99. The Bertz CT molecular complexity index is 1680. The first-order chi connectivity index (χ1) is 16.3. The SMILES string of the molecule is Cc1sc2nc(C)c3c(=O)n(-c4ccc(F)cc4)c(Oc4ccccc4[N+](=O)[O-])nc3c2c1C. The van der Waals surface area contributed by atoms with Gasteiger partial charge in [-0.2, -0.15) is 4.98 Å². The number of para-hydroxylation sites is 2. The minimum Gasteiger partial charge on any atom is -0.418 e. The van der Waals surface area contributed by atoms with Crippen LogP contribution in [-0.2, 0) is 0 Å². The maximum absolute atomic E-state index is 13.8. The van der Waals surface area contributed by atoms with Gasteiger partial charge in [0.2, 0.25) is 5.75 Å². The van der Waals surface area contributed by atoms with Gasteiger partial charge < -0.3 is 4.74 Å². The molecule has 34 heavy (non-hydrogen) atoms. The molecule has 0 unspecified atom stereocenters. The molecule has 0 amide bonds. The molecule has 5 aromatic rings. The number of ether oxygens (including phenoxy) is 1. The van der Waals surface area contributed by atoms with E-state index in [-0.39, 0.29) is 17.4 Å². The van der Waals surface area contributed by atoms with Crippen molar-refractivity contribution < 1.29 is 14.1 Å². The van der Waals surface area contributed by atoms with Gasteiger partial charge in [0.05, 0.1) is 27.2 Å². The number of hydrogen-bond donors (Lipinski definition) is 0. The minimum atomic E-state index is -0.574. The number of rotatable bonds is 4. The lowest BCUT2D eigenvalue weighted by atomic mass is 10.1. The summed E-state index contributed by atoms with van der Waals surface area (Å²) in [4.78, 5) is 35.9. The highest BCUT2D eigenvalue weighted by Gasteiger charge is 2.23. The Morgan fingerprint density at radius 2 is 1.74 bits per heavy atom. The Hall–Kier alpha value is -4.18. The monoisotopic (exact) mass is 476 g/mol. The fourth-order valence-electron chi connectivity index (χ4n) is 3.86. The zero-order chi connectivity index (χ0) is 24.1. The van der Waals surface area contributed by atoms with E-state index in [2.05, 4.69) is 9.97 Å². The summed E-state index contributed by atoms with van der Waals surface area (Å²) in [5.41, 5.74) is 1.39. The van der Waals surface area contributed by atoms with Crippen molar-refractivity contribution in [3.8, 4) is 17.4 Å². The number of hydrogen-bond acceptors (Lipinski definition) is 7. The van der Waals surface area contributed by atoms with E-state index in [9.17, 15) is 19.3 Å². The second-order valence-electron chi connectivity index (χ2n) is 7.72. The van der Waals surface area contributed by atoms with Crippen LogP contribution in [0.2, 0.25) is 0 Å². The van der Waals surface area contributed by atoms with Crippen molar-refractivity contribution in [3.63, 3.8) is 0 Å². The van der Waals surface area contributed by atoms with Crippen LogP contribution < -0.4 is 10.3 Å². The lowest BCUT2D eigenvalue weighted by Crippen LogP contribution is -2.22. The number of fused-ring (bicyclic) bond motifs is 3. The summed E-state index contributed by atoms with van der Waals surface area (Å²) in [6, 6.07) is 10.9. The molecule has 0 saturated heterocycles. The Balaban J connectivity index is 1.89. The van der Waals surface area contributed by atoms with E-state index < -0.39 is 16.3 Å². The molecule has 0 aliphatic carbocycles. The van der Waals surface area contributed by atoms with E-state index in [1.807, 2.05) is 13.8 Å². The van der Waals surface area contributed by atoms with Crippen LogP contribution in [0.3, 0.4) is 0 Å². The molecule has 3 heterocycles. The number of benzene rings is 2. The van der Waals surface area contributed by atoms with Gasteiger partial charge in [-0.1, -0.05) is 12.1 Å². The predicted molar refractivity (Wildman–Crippen MR) is 128 cm³/mol. The van der Waals surface area contributed by atoms with E-state index in [1.165, 1.54) is 58.4 Å². The molecule has 0 fully saturated rings. The fraction of sp³-hybridized carbons (Fsp3) is 0.125. The number of pyridine rings is 1. The summed E-state index contributed by atoms with van der Waals surface area (Å²) in [6.07, 6.45) is 0. The van der Waals surface area contributed by atoms with Gasteiger partial charge in [-0.25, -0.2) is 13.9 Å². The van der Waals surface area contributed by atoms with Crippen LogP contribution >= 0.6 is 11.3 Å². The largest absolute Gasteiger partial charge is 0.418 e. The number of aryl methyl sites for hydroxylation is 3. The number of halogens is 1. The van der Waals surface area contributed by atoms with Crippen LogP contribution in [0.1, 0.15) is 16.1 Å². The summed E-state index contributed by atoms with van der Waals surface area (Å²) in [5, 5.41) is 12.6. The minimum absolute atomic E-state index is 0.0742. The normalized spacial score (nSPS) is 11.3. The van der Waals surface area contributed by atoms with E-state index in [1.54, 1.807) is 13.0 Å². The quantitative estimate of drug-likeness (QED) is 0.241. The van der Waals surface area contributed by atoms with Crippen molar-refractivity contribution in [2.24, 2.45) is 0 Å². The summed E-state index contributed by atoms with van der Waals surface area (Å²) in [6.45, 7) is 5.63. The van der Waals surface area contributed by atoms with E-state index in [4.69, 9.17) is 4.74 Å². The number of nitro groups is 1. The molecule has 5 rings (SSSR count). The molecule has 0 atom stereocenters. The zero-order valence-electron chi connectivity index (χ0n) is 18.3. The van der Waals surface area contributed by atoms with Crippen molar-refractivity contribution in [1.29, 1.82) is 0 Å². The molecule has 0 N–H and O–H groups in total. The van der Waals surface area contributed by atoms with Crippen LogP contribution in [0, 0.1) is 36.7 Å². The van der Waals surface area contributed by atoms with Gasteiger partial charge in [0.25, 0.3) is 5.56 Å². The highest BCUT2D eigenvalue weighted by molar-refractivity contribution is 7.18. The highest BCUT2D eigenvalue weighted by Crippen LogP contribution is 2.36. The smallest absolute Gasteiger partial charge is 0.311 e. The highest BCUT2D eigenvalue weighted by atomic mass is 32.1. The summed E-state index contributed by atoms with van der Waals surface area (Å²) in [7, 11) is 0. The molecule has 0 aliphatic heterocycles. The standard InChI is InChI=1S/C24H17FN4O4S/c1-12-14(3)34-22-19(12)21-20(13(2)26-22)23(30)28(16-10-8-15(25)9-11-16)24(27-21)33-18-7-5-4-6-17(18)29(31)32/h4-11H,1-3H3. The molecule has 0 aliphatic rings. The van der Waals surface area contributed by atoms with Crippen LogP contribution in [0.5, 0.6) is 11.8 Å². The average Bonchev–Trinajstić information content (AvgIpc) is 3.08. The topological polar surface area (TPSA) is 100 Å². The third kappa shape index (κ3) is 3.39. The van der Waals surface area contributed by atoms with Crippen molar-refractivity contribution in [2.75, 3.05) is 0 Å². The van der Waals surface area contributed by atoms with Gasteiger partial charge in [0, 0.05) is 16.3 Å². The first-order valence-corrected chi connectivity index (χ1v) is 11.1. The Labute approximate surface area is 196 Å². The van der Waals surface area contributed by atoms with Crippen LogP contribution in [0.15, 0.2) is 53.3 Å². The van der Waals surface area contributed by atoms with Crippen molar-refractivity contribution in [3.05, 3.63) is 91.0 Å². The molecule has 10 heteroatoms. The third-order valence-corrected chi connectivity index (χ3v) is 6.74. The Morgan fingerprint density at radius 3 is 2.44 bits per heavy atom. The molecule has 0 radical (unpaired) electrons. The van der Waals surface area contributed by atoms with Gasteiger partial charge >= 0.3 is 11.7 Å². The summed E-state index contributed by atoms with van der Waals surface area (Å²) >= 11 is 1.50. The van der Waals surface area contributed by atoms with Gasteiger partial charge in [0.15, 0.2) is 0 Å². The van der Waals surface area contributed by atoms with Crippen LogP contribution in [0.4, 0.5) is 10.1 Å². The fourth-order valence-corrected chi connectivity index (χ4v) is 4.94. The lowest BCUT2D eigenvalue weighted by molar-refractivity contribution is -0.385. The number of nitro benzene ring substituents is 1. The number of nitrogens with zero attached hydrogens (tertiary/aromatic N) is 4. The lowest BCUT2D eigenvalue weighted by Gasteiger charge is -2.15. The molecule has 2 aromatic carbocycles. The first-order valence-electron chi connectivity index (χ1n) is 10.3. The van der Waals surface area contributed by atoms with Gasteiger partial charge in [-0.15, -0.1) is 11.3 Å². The summed E-state index contributed by atoms with van der Waals surface area (Å²) in [5.74, 6) is -0.550. The molecule has 170 valence electrons. The van der Waals surface area contributed by atoms with Crippen LogP contribution in [-0.4, -0.2) is 19.5 Å². The van der Waals surface area contributed by atoms with E-state index in [0.717, 1.165) is 20.7 Å². The summed E-state index contributed by atoms with van der Waals surface area (Å²) < 4.78 is 20.7. The maximum atomic E-state index is 13.8. The zero-order valence-corrected chi connectivity index (χ0v) is 19.1. The number of aromatic nitrogens is 3. The van der Waals surface area contributed by atoms with Crippen LogP contribution in [0.25, 0.3) is 26.8 Å². The third-order valence-electron chi connectivity index (χ3n) is 5.64. The van der Waals surface area contributed by atoms with E-state index in [0.29, 0.717) is 22.3 Å². The Morgan fingerprint density at radius 1 is 1.03 bits per heavy atom. The number of thiophene rings is 1. The van der Waals surface area contributed by atoms with Gasteiger partial charge in [0.1, 0.15) is 10.6 Å².